The minimum Gasteiger partial charge on any atom is -0.208 e. The first kappa shape index (κ1) is 38.6. The van der Waals surface area contributed by atoms with Gasteiger partial charge in [0.2, 0.25) is 0 Å². The summed E-state index contributed by atoms with van der Waals surface area (Å²) in [6.45, 7) is 0. The average molecular weight is 839 g/mol. The van der Waals surface area contributed by atoms with Gasteiger partial charge in [-0.1, -0.05) is 200 Å². The molecule has 0 N–H and O–H groups in total. The van der Waals surface area contributed by atoms with Gasteiger partial charge >= 0.3 is 0 Å². The Morgan fingerprint density at radius 1 is 0.258 bits per heavy atom. The van der Waals surface area contributed by atoms with E-state index in [1.165, 1.54) is 37.9 Å². The van der Waals surface area contributed by atoms with E-state index >= 15 is 0 Å². The van der Waals surface area contributed by atoms with Crippen LogP contribution in [0, 0.1) is 11.3 Å². The number of hydrogen-bond acceptors (Lipinski definition) is 4. The first-order valence-corrected chi connectivity index (χ1v) is 22.1. The SMILES string of the molecule is N#Cc1ccc(-c2ccc(-c3ccc4ccc5ccccc5c4c3)cc2)c(-c2cccc(-c3cccc(-c4nc(-c5ccccc5)nc(-c5cccc6c5ccc5ccccc56)n4)c3)c2)c1. The van der Waals surface area contributed by atoms with E-state index in [1.54, 1.807) is 0 Å². The molecule has 0 spiro atoms. The summed E-state index contributed by atoms with van der Waals surface area (Å²) in [4.78, 5) is 15.4. The number of rotatable bonds is 7. The molecule has 4 heteroatoms. The lowest BCUT2D eigenvalue weighted by Gasteiger charge is -2.14. The Morgan fingerprint density at radius 3 is 1.53 bits per heavy atom. The molecular weight excluding hydrogens is 801 g/mol. The Bertz CT molecular complexity index is 3890. The second kappa shape index (κ2) is 16.3. The van der Waals surface area contributed by atoms with Crippen molar-refractivity contribution in [3.63, 3.8) is 0 Å². The van der Waals surface area contributed by atoms with Crippen LogP contribution in [0.4, 0.5) is 0 Å². The van der Waals surface area contributed by atoms with E-state index in [4.69, 9.17) is 15.0 Å². The zero-order valence-electron chi connectivity index (χ0n) is 35.7. The Balaban J connectivity index is 0.914. The van der Waals surface area contributed by atoms with E-state index in [0.29, 0.717) is 23.0 Å². The molecule has 1 heterocycles. The van der Waals surface area contributed by atoms with Gasteiger partial charge in [0, 0.05) is 16.7 Å². The topological polar surface area (TPSA) is 62.5 Å². The monoisotopic (exact) mass is 838 g/mol. The molecule has 66 heavy (non-hydrogen) atoms. The fraction of sp³-hybridized carbons (Fsp3) is 0. The van der Waals surface area contributed by atoms with Crippen molar-refractivity contribution < 1.29 is 0 Å². The fourth-order valence-corrected chi connectivity index (χ4v) is 9.41. The molecule has 0 radical (unpaired) electrons. The van der Waals surface area contributed by atoms with Crippen LogP contribution in [0.3, 0.4) is 0 Å². The Kier molecular flexibility index (Phi) is 9.51. The molecule has 4 nitrogen and oxygen atoms in total. The minimum atomic E-state index is 0.596. The molecule has 1 aromatic heterocycles. The molecule has 0 aliphatic rings. The molecule has 0 aliphatic carbocycles. The van der Waals surface area contributed by atoms with Gasteiger partial charge in [-0.2, -0.15) is 5.26 Å². The maximum Gasteiger partial charge on any atom is 0.164 e. The molecule has 0 saturated carbocycles. The average Bonchev–Trinajstić information content (AvgIpc) is 3.40. The van der Waals surface area contributed by atoms with Crippen LogP contribution in [0.25, 0.3) is 122 Å². The molecule has 0 saturated heterocycles. The summed E-state index contributed by atoms with van der Waals surface area (Å²) in [6.07, 6.45) is 0. The molecule has 0 bridgehead atoms. The van der Waals surface area contributed by atoms with Crippen LogP contribution in [-0.2, 0) is 0 Å². The van der Waals surface area contributed by atoms with Gasteiger partial charge in [-0.15, -0.1) is 0 Å². The minimum absolute atomic E-state index is 0.596. The summed E-state index contributed by atoms with van der Waals surface area (Å²) in [7, 11) is 0. The summed E-state index contributed by atoms with van der Waals surface area (Å²) in [5.41, 5.74) is 11.9. The van der Waals surface area contributed by atoms with Crippen LogP contribution in [0.5, 0.6) is 0 Å². The number of aromatic nitrogens is 3. The van der Waals surface area contributed by atoms with Crippen molar-refractivity contribution in [2.24, 2.45) is 0 Å². The van der Waals surface area contributed by atoms with Crippen LogP contribution in [0.1, 0.15) is 5.56 Å². The Hall–Kier alpha value is -9.04. The highest BCUT2D eigenvalue weighted by Gasteiger charge is 2.17. The third kappa shape index (κ3) is 7.02. The summed E-state index contributed by atoms with van der Waals surface area (Å²) in [5.74, 6) is 1.83. The molecule has 0 amide bonds. The van der Waals surface area contributed by atoms with Crippen molar-refractivity contribution >= 4 is 43.1 Å². The van der Waals surface area contributed by atoms with Crippen molar-refractivity contribution in [1.82, 2.24) is 15.0 Å². The lowest BCUT2D eigenvalue weighted by atomic mass is 9.90. The van der Waals surface area contributed by atoms with Crippen molar-refractivity contribution in [2.45, 2.75) is 0 Å². The maximum absolute atomic E-state index is 10.1. The third-order valence-electron chi connectivity index (χ3n) is 12.7. The highest BCUT2D eigenvalue weighted by molar-refractivity contribution is 6.12. The second-order valence-corrected chi connectivity index (χ2v) is 16.7. The molecule has 11 aromatic carbocycles. The van der Waals surface area contributed by atoms with E-state index in [1.807, 2.05) is 42.5 Å². The van der Waals surface area contributed by atoms with Gasteiger partial charge in [-0.05, 0) is 118 Å². The maximum atomic E-state index is 10.1. The number of fused-ring (bicyclic) bond motifs is 6. The lowest BCUT2D eigenvalue weighted by molar-refractivity contribution is 1.08. The van der Waals surface area contributed by atoms with Crippen molar-refractivity contribution in [2.75, 3.05) is 0 Å². The zero-order valence-corrected chi connectivity index (χ0v) is 35.7. The van der Waals surface area contributed by atoms with Crippen LogP contribution in [-0.4, -0.2) is 15.0 Å². The van der Waals surface area contributed by atoms with E-state index in [0.717, 1.165) is 66.4 Å². The van der Waals surface area contributed by atoms with Crippen LogP contribution < -0.4 is 0 Å². The van der Waals surface area contributed by atoms with Gasteiger partial charge < -0.3 is 0 Å². The predicted octanol–water partition coefficient (Wildman–Crippen LogP) is 16.0. The van der Waals surface area contributed by atoms with Gasteiger partial charge in [0.25, 0.3) is 0 Å². The summed E-state index contributed by atoms with van der Waals surface area (Å²) in [6, 6.07) is 83.0. The van der Waals surface area contributed by atoms with E-state index in [9.17, 15) is 5.26 Å². The largest absolute Gasteiger partial charge is 0.208 e. The third-order valence-corrected chi connectivity index (χ3v) is 12.7. The number of nitriles is 1. The normalized spacial score (nSPS) is 11.3. The van der Waals surface area contributed by atoms with Crippen molar-refractivity contribution in [1.29, 1.82) is 5.26 Å². The lowest BCUT2D eigenvalue weighted by Crippen LogP contribution is -2.00. The van der Waals surface area contributed by atoms with Crippen molar-refractivity contribution in [3.05, 3.63) is 236 Å². The highest BCUT2D eigenvalue weighted by atomic mass is 15.0. The number of nitrogens with zero attached hydrogens (tertiary/aromatic N) is 4. The van der Waals surface area contributed by atoms with E-state index in [-0.39, 0.29) is 0 Å². The van der Waals surface area contributed by atoms with Crippen molar-refractivity contribution in [3.8, 4) is 84.7 Å². The Labute approximate surface area is 382 Å². The molecule has 0 unspecified atom stereocenters. The van der Waals surface area contributed by atoms with Crippen LogP contribution in [0.2, 0.25) is 0 Å². The van der Waals surface area contributed by atoms with Gasteiger partial charge in [-0.3, -0.25) is 0 Å². The number of hydrogen-bond donors (Lipinski definition) is 0. The summed E-state index contributed by atoms with van der Waals surface area (Å²) in [5, 5.41) is 19.7. The number of benzene rings is 11. The molecule has 306 valence electrons. The Morgan fingerprint density at radius 2 is 0.773 bits per heavy atom. The smallest absolute Gasteiger partial charge is 0.164 e. The van der Waals surface area contributed by atoms with Gasteiger partial charge in [0.15, 0.2) is 17.5 Å². The van der Waals surface area contributed by atoms with Gasteiger partial charge in [-0.25, -0.2) is 15.0 Å². The molecule has 0 atom stereocenters. The van der Waals surface area contributed by atoms with E-state index < -0.39 is 0 Å². The standard InChI is InChI=1S/C62H38N4/c63-39-40-23-33-54(44-26-24-41(25-27-44)49-31-30-45-29-28-42-11-5-7-20-53(42)59(45)38-49)58(35-40)50-17-8-15-47(36-50)48-16-9-18-51(37-48)61-64-60(46-13-2-1-3-14-46)65-62(66-61)57-22-10-21-55-52-19-6-4-12-43(52)32-34-56(55)57/h1-38H. The second-order valence-electron chi connectivity index (χ2n) is 16.7. The molecule has 12 rings (SSSR count). The first-order chi connectivity index (χ1) is 32.6. The predicted molar refractivity (Wildman–Crippen MR) is 273 cm³/mol. The zero-order chi connectivity index (χ0) is 44.0. The van der Waals surface area contributed by atoms with Crippen LogP contribution >= 0.6 is 0 Å². The van der Waals surface area contributed by atoms with Gasteiger partial charge in [0.05, 0.1) is 11.6 Å². The molecule has 0 fully saturated rings. The van der Waals surface area contributed by atoms with E-state index in [2.05, 4.69) is 194 Å². The summed E-state index contributed by atoms with van der Waals surface area (Å²) < 4.78 is 0. The fourth-order valence-electron chi connectivity index (χ4n) is 9.41. The quantitative estimate of drug-likeness (QED) is 0.150. The van der Waals surface area contributed by atoms with Crippen LogP contribution in [0.15, 0.2) is 231 Å². The first-order valence-electron chi connectivity index (χ1n) is 22.1. The highest BCUT2D eigenvalue weighted by Crippen LogP contribution is 2.39. The molecule has 12 aromatic rings. The molecular formula is C62H38N4. The van der Waals surface area contributed by atoms with Gasteiger partial charge in [0.1, 0.15) is 0 Å². The summed E-state index contributed by atoms with van der Waals surface area (Å²) >= 11 is 0. The molecule has 0 aliphatic heterocycles.